The Morgan fingerprint density at radius 1 is 1.33 bits per heavy atom. The summed E-state index contributed by atoms with van der Waals surface area (Å²) in [6.45, 7) is 2.01. The van der Waals surface area contributed by atoms with Crippen molar-refractivity contribution in [2.75, 3.05) is 41.3 Å². The average Bonchev–Trinajstić information content (AvgIpc) is 3.21. The highest BCUT2D eigenvalue weighted by atomic mass is 16.5. The van der Waals surface area contributed by atoms with Crippen LogP contribution in [0.1, 0.15) is 38.5 Å². The van der Waals surface area contributed by atoms with Crippen molar-refractivity contribution in [2.24, 2.45) is 0 Å². The van der Waals surface area contributed by atoms with Crippen molar-refractivity contribution >= 4 is 5.97 Å². The summed E-state index contributed by atoms with van der Waals surface area (Å²) >= 11 is 0. The van der Waals surface area contributed by atoms with E-state index in [1.54, 1.807) is 0 Å². The predicted octanol–water partition coefficient (Wildman–Crippen LogP) is 1.09. The summed E-state index contributed by atoms with van der Waals surface area (Å²) < 4.78 is 4.92. The van der Waals surface area contributed by atoms with Crippen molar-refractivity contribution in [3.8, 4) is 0 Å². The lowest BCUT2D eigenvalue weighted by atomic mass is 9.75. The van der Waals surface area contributed by atoms with Crippen molar-refractivity contribution < 1.29 is 9.53 Å². The quantitative estimate of drug-likeness (QED) is 0.645. The summed E-state index contributed by atoms with van der Waals surface area (Å²) in [6.07, 6.45) is 7.10. The molecule has 2 saturated carbocycles. The maximum absolute atomic E-state index is 11.8. The van der Waals surface area contributed by atoms with E-state index in [0.717, 1.165) is 19.5 Å². The Bertz CT molecular complexity index is 351. The molecule has 0 heterocycles. The molecule has 1 N–H and O–H groups in total. The Balaban J connectivity index is 1.77. The molecule has 0 spiro atoms. The van der Waals surface area contributed by atoms with Crippen molar-refractivity contribution in [3.63, 3.8) is 0 Å². The number of carbonyl (C=O) groups is 1. The average molecular weight is 297 g/mol. The number of methoxy groups -OCH3 is 1. The lowest BCUT2D eigenvalue weighted by molar-refractivity contribution is -0.143. The first-order chi connectivity index (χ1) is 9.97. The molecule has 0 aromatic carbocycles. The fourth-order valence-corrected chi connectivity index (χ4v) is 3.21. The monoisotopic (exact) mass is 297 g/mol. The van der Waals surface area contributed by atoms with Crippen LogP contribution in [-0.2, 0) is 9.53 Å². The van der Waals surface area contributed by atoms with Crippen LogP contribution < -0.4 is 5.32 Å². The minimum absolute atomic E-state index is 0.124. The van der Waals surface area contributed by atoms with E-state index >= 15 is 0 Å². The normalized spacial score (nSPS) is 22.2. The van der Waals surface area contributed by atoms with Crippen LogP contribution in [-0.4, -0.2) is 74.7 Å². The van der Waals surface area contributed by atoms with Gasteiger partial charge in [-0.3, -0.25) is 4.79 Å². The van der Waals surface area contributed by atoms with Crippen LogP contribution in [0.3, 0.4) is 0 Å². The van der Waals surface area contributed by atoms with Gasteiger partial charge in [-0.25, -0.2) is 0 Å². The van der Waals surface area contributed by atoms with Gasteiger partial charge in [0.05, 0.1) is 7.11 Å². The molecule has 2 rings (SSSR count). The minimum atomic E-state index is -0.151. The molecule has 2 fully saturated rings. The van der Waals surface area contributed by atoms with Crippen molar-refractivity contribution in [1.29, 1.82) is 0 Å². The first-order valence-corrected chi connectivity index (χ1v) is 8.17. The predicted molar refractivity (Wildman–Crippen MR) is 84.3 cm³/mol. The number of carbonyl (C=O) groups excluding carboxylic acids is 1. The number of nitrogens with one attached hydrogen (secondary N) is 1. The molecule has 0 aromatic heterocycles. The molecule has 1 unspecified atom stereocenters. The van der Waals surface area contributed by atoms with Gasteiger partial charge < -0.3 is 19.9 Å². The zero-order valence-electron chi connectivity index (χ0n) is 14.0. The molecule has 5 nitrogen and oxygen atoms in total. The summed E-state index contributed by atoms with van der Waals surface area (Å²) in [5.41, 5.74) is 0.347. The second kappa shape index (κ2) is 7.07. The SMILES string of the molecule is COC(=O)C(CCN(C)CC1(N(C)C)CCC1)NC1CC1. The molecular weight excluding hydrogens is 266 g/mol. The van der Waals surface area contributed by atoms with Crippen LogP contribution in [0, 0.1) is 0 Å². The van der Waals surface area contributed by atoms with E-state index in [4.69, 9.17) is 4.74 Å². The number of ether oxygens (including phenoxy) is 1. The maximum Gasteiger partial charge on any atom is 0.322 e. The number of hydrogen-bond acceptors (Lipinski definition) is 5. The third kappa shape index (κ3) is 4.41. The third-order valence-electron chi connectivity index (χ3n) is 5.10. The number of likely N-dealkylation sites (N-methyl/N-ethyl adjacent to an activating group) is 2. The zero-order chi connectivity index (χ0) is 15.5. The molecular formula is C16H31N3O2. The third-order valence-corrected chi connectivity index (χ3v) is 5.10. The molecule has 0 aromatic rings. The van der Waals surface area contributed by atoms with E-state index in [1.807, 2.05) is 0 Å². The fraction of sp³-hybridized carbons (Fsp3) is 0.938. The number of esters is 1. The number of hydrogen-bond donors (Lipinski definition) is 1. The molecule has 122 valence electrons. The van der Waals surface area contributed by atoms with Crippen LogP contribution in [0.5, 0.6) is 0 Å². The topological polar surface area (TPSA) is 44.8 Å². The van der Waals surface area contributed by atoms with E-state index in [0.29, 0.717) is 11.6 Å². The summed E-state index contributed by atoms with van der Waals surface area (Å²) in [5, 5.41) is 3.40. The highest BCUT2D eigenvalue weighted by Crippen LogP contribution is 2.36. The fourth-order valence-electron chi connectivity index (χ4n) is 3.21. The zero-order valence-corrected chi connectivity index (χ0v) is 14.0. The van der Waals surface area contributed by atoms with E-state index in [1.165, 1.54) is 39.2 Å². The number of nitrogens with zero attached hydrogens (tertiary/aromatic N) is 2. The van der Waals surface area contributed by atoms with Crippen molar-refractivity contribution in [1.82, 2.24) is 15.1 Å². The van der Waals surface area contributed by atoms with Gasteiger partial charge in [-0.15, -0.1) is 0 Å². The molecule has 2 aliphatic rings. The first kappa shape index (κ1) is 16.7. The first-order valence-electron chi connectivity index (χ1n) is 8.17. The molecule has 0 bridgehead atoms. The highest BCUT2D eigenvalue weighted by Gasteiger charge is 2.39. The smallest absolute Gasteiger partial charge is 0.322 e. The van der Waals surface area contributed by atoms with Gasteiger partial charge in [-0.2, -0.15) is 0 Å². The van der Waals surface area contributed by atoms with Gasteiger partial charge in [0, 0.05) is 18.1 Å². The lowest BCUT2D eigenvalue weighted by Gasteiger charge is -2.49. The number of rotatable bonds is 9. The highest BCUT2D eigenvalue weighted by molar-refractivity contribution is 5.75. The Morgan fingerprint density at radius 2 is 2.00 bits per heavy atom. The molecule has 21 heavy (non-hydrogen) atoms. The molecule has 5 heteroatoms. The van der Waals surface area contributed by atoms with E-state index in [2.05, 4.69) is 36.3 Å². The Hall–Kier alpha value is -0.650. The molecule has 0 aliphatic heterocycles. The van der Waals surface area contributed by atoms with Gasteiger partial charge in [-0.05, 0) is 66.2 Å². The van der Waals surface area contributed by atoms with Gasteiger partial charge in [0.15, 0.2) is 0 Å². The van der Waals surface area contributed by atoms with Crippen LogP contribution >= 0.6 is 0 Å². The Morgan fingerprint density at radius 3 is 2.43 bits per heavy atom. The van der Waals surface area contributed by atoms with Gasteiger partial charge in [-0.1, -0.05) is 0 Å². The van der Waals surface area contributed by atoms with E-state index in [-0.39, 0.29) is 12.0 Å². The van der Waals surface area contributed by atoms with Gasteiger partial charge in [0.25, 0.3) is 0 Å². The summed E-state index contributed by atoms with van der Waals surface area (Å²) in [4.78, 5) is 16.6. The standard InChI is InChI=1S/C16H31N3O2/c1-18(2)16(9-5-10-16)12-19(3)11-8-14(15(20)21-4)17-13-6-7-13/h13-14,17H,5-12H2,1-4H3. The van der Waals surface area contributed by atoms with Crippen molar-refractivity contribution in [3.05, 3.63) is 0 Å². The van der Waals surface area contributed by atoms with Gasteiger partial charge >= 0.3 is 5.97 Å². The minimum Gasteiger partial charge on any atom is -0.468 e. The molecule has 0 radical (unpaired) electrons. The molecule has 0 amide bonds. The van der Waals surface area contributed by atoms with Crippen LogP contribution in [0.25, 0.3) is 0 Å². The van der Waals surface area contributed by atoms with E-state index in [9.17, 15) is 4.79 Å². The van der Waals surface area contributed by atoms with E-state index < -0.39 is 0 Å². The Labute approximate surface area is 129 Å². The molecule has 1 atom stereocenters. The van der Waals surface area contributed by atoms with Crippen molar-refractivity contribution in [2.45, 2.75) is 56.1 Å². The van der Waals surface area contributed by atoms with Gasteiger partial charge in [0.2, 0.25) is 0 Å². The van der Waals surface area contributed by atoms with Crippen LogP contribution in [0.15, 0.2) is 0 Å². The second-order valence-electron chi connectivity index (χ2n) is 7.02. The molecule has 0 saturated heterocycles. The summed E-state index contributed by atoms with van der Waals surface area (Å²) in [5.74, 6) is -0.124. The molecule has 2 aliphatic carbocycles. The van der Waals surface area contributed by atoms with Crippen LogP contribution in [0.2, 0.25) is 0 Å². The summed E-state index contributed by atoms with van der Waals surface area (Å²) in [6, 6.07) is 0.376. The summed E-state index contributed by atoms with van der Waals surface area (Å²) in [7, 11) is 8.00. The largest absolute Gasteiger partial charge is 0.468 e. The second-order valence-corrected chi connectivity index (χ2v) is 7.02. The Kier molecular flexibility index (Phi) is 5.63. The maximum atomic E-state index is 11.8. The lowest BCUT2D eigenvalue weighted by Crippen LogP contribution is -2.57. The van der Waals surface area contributed by atoms with Crippen LogP contribution in [0.4, 0.5) is 0 Å². The van der Waals surface area contributed by atoms with Gasteiger partial charge in [0.1, 0.15) is 6.04 Å².